The highest BCUT2D eigenvalue weighted by Gasteiger charge is 2.41. The Bertz CT molecular complexity index is 882. The van der Waals surface area contributed by atoms with Crippen molar-refractivity contribution in [2.24, 2.45) is 11.8 Å². The first kappa shape index (κ1) is 27.5. The maximum atomic E-state index is 4.20. The standard InChI is InChI=1S/C35H50/c1-7-13-15-27(11-5)23-29-17-19-31-32-20-18-30(24-28(12-6)16-14-8-2)26-34(32)35(21-9-3,22-10-4)33(31)25-29/h9-10,17-20,25-28H,3-4,7-8,11-16,21-24H2,1-2,5-6H3. The molecule has 0 nitrogen and oxygen atoms in total. The van der Waals surface area contributed by atoms with Gasteiger partial charge in [-0.05, 0) is 70.9 Å². The van der Waals surface area contributed by atoms with Crippen molar-refractivity contribution in [3.05, 3.63) is 84.0 Å². The molecule has 190 valence electrons. The molecule has 0 radical (unpaired) electrons. The van der Waals surface area contributed by atoms with Crippen LogP contribution < -0.4 is 0 Å². The summed E-state index contributed by atoms with van der Waals surface area (Å²) in [6, 6.07) is 14.7. The number of allylic oxidation sites excluding steroid dienone is 2. The van der Waals surface area contributed by atoms with Crippen LogP contribution in [0.4, 0.5) is 0 Å². The van der Waals surface area contributed by atoms with E-state index in [0.717, 1.165) is 24.7 Å². The summed E-state index contributed by atoms with van der Waals surface area (Å²) in [6.07, 6.45) is 19.1. The van der Waals surface area contributed by atoms with Gasteiger partial charge in [0.05, 0.1) is 0 Å². The maximum Gasteiger partial charge on any atom is 0.0283 e. The molecule has 2 unspecified atom stereocenters. The first-order chi connectivity index (χ1) is 17.1. The minimum Gasteiger partial charge on any atom is -0.103 e. The van der Waals surface area contributed by atoms with Gasteiger partial charge in [0.1, 0.15) is 0 Å². The smallest absolute Gasteiger partial charge is 0.0283 e. The van der Waals surface area contributed by atoms with Crippen molar-refractivity contribution in [1.82, 2.24) is 0 Å². The van der Waals surface area contributed by atoms with Crippen molar-refractivity contribution >= 4 is 0 Å². The summed E-state index contributed by atoms with van der Waals surface area (Å²) in [7, 11) is 0. The van der Waals surface area contributed by atoms with Gasteiger partial charge in [0.25, 0.3) is 0 Å². The fourth-order valence-corrected chi connectivity index (χ4v) is 6.41. The molecule has 0 saturated carbocycles. The van der Waals surface area contributed by atoms with E-state index in [0.29, 0.717) is 0 Å². The number of hydrogen-bond donors (Lipinski definition) is 0. The van der Waals surface area contributed by atoms with Gasteiger partial charge in [-0.2, -0.15) is 0 Å². The zero-order valence-corrected chi connectivity index (χ0v) is 23.2. The summed E-state index contributed by atoms with van der Waals surface area (Å²) in [4.78, 5) is 0. The largest absolute Gasteiger partial charge is 0.103 e. The molecule has 0 fully saturated rings. The minimum atomic E-state index is -0.0313. The Morgan fingerprint density at radius 1 is 0.686 bits per heavy atom. The van der Waals surface area contributed by atoms with Crippen LogP contribution in [0.5, 0.6) is 0 Å². The molecule has 35 heavy (non-hydrogen) atoms. The molecule has 2 aromatic rings. The molecular weight excluding hydrogens is 420 g/mol. The van der Waals surface area contributed by atoms with Gasteiger partial charge in [0.15, 0.2) is 0 Å². The average molecular weight is 471 g/mol. The van der Waals surface area contributed by atoms with Crippen LogP contribution in [0.2, 0.25) is 0 Å². The van der Waals surface area contributed by atoms with Crippen molar-refractivity contribution in [2.75, 3.05) is 0 Å². The highest BCUT2D eigenvalue weighted by molar-refractivity contribution is 5.82. The Kier molecular flexibility index (Phi) is 10.4. The van der Waals surface area contributed by atoms with Crippen LogP contribution in [0.15, 0.2) is 61.7 Å². The summed E-state index contributed by atoms with van der Waals surface area (Å²) < 4.78 is 0. The Morgan fingerprint density at radius 2 is 1.11 bits per heavy atom. The van der Waals surface area contributed by atoms with E-state index in [1.54, 1.807) is 0 Å². The van der Waals surface area contributed by atoms with Gasteiger partial charge < -0.3 is 0 Å². The van der Waals surface area contributed by atoms with E-state index in [9.17, 15) is 0 Å². The van der Waals surface area contributed by atoms with Gasteiger partial charge in [0, 0.05) is 5.41 Å². The third-order valence-corrected chi connectivity index (χ3v) is 8.61. The fourth-order valence-electron chi connectivity index (χ4n) is 6.41. The summed E-state index contributed by atoms with van der Waals surface area (Å²) in [5.74, 6) is 1.57. The van der Waals surface area contributed by atoms with E-state index in [4.69, 9.17) is 0 Å². The Morgan fingerprint density at radius 3 is 1.46 bits per heavy atom. The lowest BCUT2D eigenvalue weighted by Crippen LogP contribution is -2.24. The van der Waals surface area contributed by atoms with E-state index in [1.165, 1.54) is 97.6 Å². The van der Waals surface area contributed by atoms with E-state index in [2.05, 4.69) is 89.4 Å². The van der Waals surface area contributed by atoms with Crippen molar-refractivity contribution in [1.29, 1.82) is 0 Å². The van der Waals surface area contributed by atoms with Crippen molar-refractivity contribution in [3.8, 4) is 11.1 Å². The molecule has 1 aliphatic carbocycles. The Balaban J connectivity index is 2.01. The monoisotopic (exact) mass is 470 g/mol. The third kappa shape index (κ3) is 6.19. The number of unbranched alkanes of at least 4 members (excludes halogenated alkanes) is 2. The van der Waals surface area contributed by atoms with Crippen LogP contribution in [0.25, 0.3) is 11.1 Å². The van der Waals surface area contributed by atoms with Gasteiger partial charge in [-0.3, -0.25) is 0 Å². The van der Waals surface area contributed by atoms with E-state index >= 15 is 0 Å². The highest BCUT2D eigenvalue weighted by atomic mass is 14.4. The molecule has 0 bridgehead atoms. The summed E-state index contributed by atoms with van der Waals surface area (Å²) in [5, 5.41) is 0. The number of benzene rings is 2. The van der Waals surface area contributed by atoms with Crippen LogP contribution in [0, 0.1) is 11.8 Å². The van der Waals surface area contributed by atoms with E-state index in [1.807, 2.05) is 0 Å². The van der Waals surface area contributed by atoms with Crippen LogP contribution in [0.1, 0.15) is 114 Å². The third-order valence-electron chi connectivity index (χ3n) is 8.61. The lowest BCUT2D eigenvalue weighted by atomic mass is 9.72. The predicted octanol–water partition coefficient (Wildman–Crippen LogP) is 10.6. The fraction of sp³-hybridized carbons (Fsp3) is 0.543. The minimum absolute atomic E-state index is 0.0313. The SMILES string of the molecule is C=CCC1(CC=C)c2cc(CC(CC)CCCC)ccc2-c2ccc(CC(CC)CCCC)cc21. The summed E-state index contributed by atoms with van der Waals surface area (Å²) in [5.41, 5.74) is 8.84. The molecule has 0 amide bonds. The van der Waals surface area contributed by atoms with Gasteiger partial charge in [-0.15, -0.1) is 13.2 Å². The molecule has 0 aliphatic heterocycles. The molecule has 0 heterocycles. The number of fused-ring (bicyclic) bond motifs is 3. The van der Waals surface area contributed by atoms with Crippen molar-refractivity contribution in [3.63, 3.8) is 0 Å². The van der Waals surface area contributed by atoms with E-state index < -0.39 is 0 Å². The molecule has 0 heteroatoms. The second-order valence-corrected chi connectivity index (χ2v) is 11.1. The van der Waals surface area contributed by atoms with Gasteiger partial charge >= 0.3 is 0 Å². The molecule has 0 spiro atoms. The Labute approximate surface area is 216 Å². The van der Waals surface area contributed by atoms with Crippen LogP contribution in [-0.2, 0) is 18.3 Å². The summed E-state index contributed by atoms with van der Waals surface area (Å²) in [6.45, 7) is 17.7. The second kappa shape index (κ2) is 13.3. The molecule has 3 rings (SSSR count). The molecule has 0 saturated heterocycles. The highest BCUT2D eigenvalue weighted by Crippen LogP contribution is 2.53. The van der Waals surface area contributed by atoms with Crippen molar-refractivity contribution < 1.29 is 0 Å². The molecule has 2 atom stereocenters. The van der Waals surface area contributed by atoms with Crippen molar-refractivity contribution in [2.45, 2.75) is 110 Å². The molecular formula is C35H50. The Hall–Kier alpha value is -2.08. The van der Waals surface area contributed by atoms with Gasteiger partial charge in [-0.1, -0.05) is 128 Å². The van der Waals surface area contributed by atoms with Crippen LogP contribution in [-0.4, -0.2) is 0 Å². The predicted molar refractivity (Wildman–Crippen MR) is 156 cm³/mol. The topological polar surface area (TPSA) is 0 Å². The normalized spacial score (nSPS) is 15.3. The first-order valence-corrected chi connectivity index (χ1v) is 14.6. The average Bonchev–Trinajstić information content (AvgIpc) is 3.13. The number of rotatable bonds is 16. The van der Waals surface area contributed by atoms with Crippen LogP contribution in [0.3, 0.4) is 0 Å². The maximum absolute atomic E-state index is 4.20. The van der Waals surface area contributed by atoms with E-state index in [-0.39, 0.29) is 5.41 Å². The quantitative estimate of drug-likeness (QED) is 0.214. The first-order valence-electron chi connectivity index (χ1n) is 14.6. The van der Waals surface area contributed by atoms with Gasteiger partial charge in [-0.25, -0.2) is 0 Å². The summed E-state index contributed by atoms with van der Waals surface area (Å²) >= 11 is 0. The lowest BCUT2D eigenvalue weighted by molar-refractivity contribution is 0.448. The second-order valence-electron chi connectivity index (χ2n) is 11.1. The zero-order chi connectivity index (χ0) is 25.3. The molecule has 1 aliphatic rings. The van der Waals surface area contributed by atoms with Crippen LogP contribution >= 0.6 is 0 Å². The molecule has 0 N–H and O–H groups in total. The zero-order valence-electron chi connectivity index (χ0n) is 23.2. The molecule has 2 aromatic carbocycles. The lowest BCUT2D eigenvalue weighted by Gasteiger charge is -2.31. The van der Waals surface area contributed by atoms with Gasteiger partial charge in [0.2, 0.25) is 0 Å². The molecule has 0 aromatic heterocycles. The number of hydrogen-bond acceptors (Lipinski definition) is 0.